The minimum Gasteiger partial charge on any atom is -0.418 e. The summed E-state index contributed by atoms with van der Waals surface area (Å²) in [7, 11) is -1.81. The van der Waals surface area contributed by atoms with E-state index in [0.717, 1.165) is 5.56 Å². The highest BCUT2D eigenvalue weighted by Crippen LogP contribution is 2.17. The number of hydrogen-bond acceptors (Lipinski definition) is 6. The summed E-state index contributed by atoms with van der Waals surface area (Å²) in [4.78, 5) is 1.49. The van der Waals surface area contributed by atoms with Crippen LogP contribution in [0.2, 0.25) is 0 Å². The minimum atomic E-state index is -3.43. The van der Waals surface area contributed by atoms with Gasteiger partial charge in [0.05, 0.1) is 18.0 Å². The van der Waals surface area contributed by atoms with Gasteiger partial charge < -0.3 is 9.64 Å². The summed E-state index contributed by atoms with van der Waals surface area (Å²) >= 11 is 0. The summed E-state index contributed by atoms with van der Waals surface area (Å²) in [6, 6.07) is 9.35. The highest BCUT2D eigenvalue weighted by atomic mass is 32.2. The molecule has 0 saturated carbocycles. The van der Waals surface area contributed by atoms with E-state index in [1.165, 1.54) is 21.4 Å². The highest BCUT2D eigenvalue weighted by Gasteiger charge is 2.25. The average molecular weight is 404 g/mol. The first-order chi connectivity index (χ1) is 13.3. The Morgan fingerprint density at radius 2 is 2.00 bits per heavy atom. The van der Waals surface area contributed by atoms with Crippen molar-refractivity contribution in [2.75, 3.05) is 26.0 Å². The number of rotatable bonds is 9. The topological polar surface area (TPSA) is 98.1 Å². The van der Waals surface area contributed by atoms with Gasteiger partial charge in [-0.1, -0.05) is 36.9 Å². The number of likely N-dealkylation sites (N-methyl/N-ethyl adjacent to an activating group) is 1. The zero-order chi connectivity index (χ0) is 20.7. The summed E-state index contributed by atoms with van der Waals surface area (Å²) in [6.45, 7) is 9.08. The molecule has 28 heavy (non-hydrogen) atoms. The summed E-state index contributed by atoms with van der Waals surface area (Å²) in [5.74, 6) is 0.657. The zero-order valence-corrected chi connectivity index (χ0v) is 16.9. The third kappa shape index (κ3) is 4.87. The van der Waals surface area contributed by atoms with Crippen LogP contribution in [-0.4, -0.2) is 55.4 Å². The highest BCUT2D eigenvalue weighted by molar-refractivity contribution is 7.89. The molecule has 2 rings (SSSR count). The maximum atomic E-state index is 12.2. The molecule has 0 radical (unpaired) electrons. The molecule has 1 aromatic rings. The molecule has 0 amide bonds. The average Bonchev–Trinajstić information content (AvgIpc) is 3.18. The Bertz CT molecular complexity index is 907. The fourth-order valence-corrected chi connectivity index (χ4v) is 3.51. The van der Waals surface area contributed by atoms with Crippen LogP contribution in [0.1, 0.15) is 12.5 Å². The standard InChI is InChI=1S/C19H25N5O3S/c1-5-13-24(28(25,26)7-3)14-23(4)17(20)16(6-2)19-22-21-18(27-19)15-11-9-8-10-12-15/h5-6,8-12,20,22H,1-2,7,13-14H2,3-4H3. The lowest BCUT2D eigenvalue weighted by Crippen LogP contribution is -2.43. The van der Waals surface area contributed by atoms with Crippen molar-refractivity contribution in [3.05, 3.63) is 72.7 Å². The number of amidine groups is 1. The maximum absolute atomic E-state index is 12.2. The number of ether oxygens (including phenoxy) is 1. The first-order valence-corrected chi connectivity index (χ1v) is 10.3. The lowest BCUT2D eigenvalue weighted by atomic mass is 10.2. The zero-order valence-electron chi connectivity index (χ0n) is 16.1. The molecular weight excluding hydrogens is 378 g/mol. The predicted molar refractivity (Wildman–Crippen MR) is 111 cm³/mol. The second-order valence-corrected chi connectivity index (χ2v) is 8.21. The molecule has 9 heteroatoms. The molecule has 150 valence electrons. The molecule has 1 aromatic carbocycles. The van der Waals surface area contributed by atoms with Gasteiger partial charge in [-0.3, -0.25) is 5.41 Å². The normalized spacial score (nSPS) is 15.3. The van der Waals surface area contributed by atoms with Crippen molar-refractivity contribution in [1.29, 1.82) is 5.41 Å². The van der Waals surface area contributed by atoms with E-state index in [4.69, 9.17) is 10.1 Å². The molecule has 2 N–H and O–H groups in total. The Labute approximate surface area is 166 Å². The van der Waals surface area contributed by atoms with Crippen LogP contribution in [-0.2, 0) is 14.8 Å². The van der Waals surface area contributed by atoms with Crippen molar-refractivity contribution in [2.24, 2.45) is 5.10 Å². The minimum absolute atomic E-state index is 0.00194. The van der Waals surface area contributed by atoms with Crippen LogP contribution in [0.15, 0.2) is 72.2 Å². The molecule has 0 aliphatic carbocycles. The summed E-state index contributed by atoms with van der Waals surface area (Å²) in [5, 5.41) is 12.6. The van der Waals surface area contributed by atoms with Crippen LogP contribution in [0.25, 0.3) is 0 Å². The van der Waals surface area contributed by atoms with E-state index in [0.29, 0.717) is 11.5 Å². The Hall–Kier alpha value is -2.91. The van der Waals surface area contributed by atoms with Gasteiger partial charge in [-0.05, 0) is 19.1 Å². The van der Waals surface area contributed by atoms with Gasteiger partial charge in [0.2, 0.25) is 21.8 Å². The monoisotopic (exact) mass is 403 g/mol. The fourth-order valence-electron chi connectivity index (χ4n) is 2.46. The summed E-state index contributed by atoms with van der Waals surface area (Å²) < 4.78 is 31.5. The maximum Gasteiger partial charge on any atom is 0.245 e. The molecule has 0 unspecified atom stereocenters. The number of hydrogen-bond donors (Lipinski definition) is 2. The molecular formula is C19H25N5O3S. The lowest BCUT2D eigenvalue weighted by molar-refractivity contribution is 0.327. The number of nitrogens with one attached hydrogen (secondary N) is 2. The van der Waals surface area contributed by atoms with Crippen LogP contribution >= 0.6 is 0 Å². The summed E-state index contributed by atoms with van der Waals surface area (Å²) in [6.07, 6.45) is 2.98. The SMILES string of the molecule is C=CCN(CN(C)C(=N)C(C=C)=C1NN=C(c2ccccc2)O1)S(=O)(=O)CC. The van der Waals surface area contributed by atoms with E-state index in [2.05, 4.69) is 23.7 Å². The van der Waals surface area contributed by atoms with Gasteiger partial charge in [-0.25, -0.2) is 13.8 Å². The quantitative estimate of drug-likeness (QED) is 0.285. The van der Waals surface area contributed by atoms with Crippen molar-refractivity contribution in [3.63, 3.8) is 0 Å². The molecule has 0 bridgehead atoms. The molecule has 0 aromatic heterocycles. The Morgan fingerprint density at radius 3 is 2.57 bits per heavy atom. The van der Waals surface area contributed by atoms with Crippen LogP contribution in [0.5, 0.6) is 0 Å². The van der Waals surface area contributed by atoms with Gasteiger partial charge in [-0.2, -0.15) is 4.31 Å². The first kappa shape index (κ1) is 21.4. The Morgan fingerprint density at radius 1 is 1.32 bits per heavy atom. The molecule has 8 nitrogen and oxygen atoms in total. The number of nitrogens with zero attached hydrogens (tertiary/aromatic N) is 3. The van der Waals surface area contributed by atoms with E-state index in [1.807, 2.05) is 30.3 Å². The van der Waals surface area contributed by atoms with E-state index in [-0.39, 0.29) is 30.7 Å². The largest absolute Gasteiger partial charge is 0.418 e. The van der Waals surface area contributed by atoms with Crippen LogP contribution in [0.4, 0.5) is 0 Å². The second kappa shape index (κ2) is 9.34. The second-order valence-electron chi connectivity index (χ2n) is 5.96. The van der Waals surface area contributed by atoms with Crippen molar-refractivity contribution < 1.29 is 13.2 Å². The van der Waals surface area contributed by atoms with E-state index >= 15 is 0 Å². The van der Waals surface area contributed by atoms with Crippen molar-refractivity contribution in [3.8, 4) is 0 Å². The predicted octanol–water partition coefficient (Wildman–Crippen LogP) is 2.07. The van der Waals surface area contributed by atoms with Crippen LogP contribution in [0.3, 0.4) is 0 Å². The van der Waals surface area contributed by atoms with E-state index in [9.17, 15) is 8.42 Å². The Balaban J connectivity index is 2.18. The molecule has 0 atom stereocenters. The van der Waals surface area contributed by atoms with Crippen molar-refractivity contribution in [2.45, 2.75) is 6.92 Å². The molecule has 0 fully saturated rings. The molecule has 0 spiro atoms. The van der Waals surface area contributed by atoms with Gasteiger partial charge in [0.25, 0.3) is 0 Å². The Kier molecular flexibility index (Phi) is 7.13. The van der Waals surface area contributed by atoms with Crippen LogP contribution < -0.4 is 5.43 Å². The van der Waals surface area contributed by atoms with Crippen molar-refractivity contribution in [1.82, 2.24) is 14.6 Å². The third-order valence-electron chi connectivity index (χ3n) is 4.02. The third-order valence-corrected chi connectivity index (χ3v) is 5.81. The smallest absolute Gasteiger partial charge is 0.245 e. The number of sulfonamides is 1. The lowest BCUT2D eigenvalue weighted by Gasteiger charge is -2.28. The molecule has 0 saturated heterocycles. The van der Waals surface area contributed by atoms with Crippen molar-refractivity contribution >= 4 is 21.8 Å². The van der Waals surface area contributed by atoms with Gasteiger partial charge in [0.15, 0.2) is 0 Å². The molecule has 1 aliphatic heterocycles. The molecule has 1 heterocycles. The molecule has 1 aliphatic rings. The van der Waals surface area contributed by atoms with E-state index in [1.54, 1.807) is 14.0 Å². The van der Waals surface area contributed by atoms with Gasteiger partial charge >= 0.3 is 0 Å². The van der Waals surface area contributed by atoms with Gasteiger partial charge in [-0.15, -0.1) is 11.7 Å². The van der Waals surface area contributed by atoms with Gasteiger partial charge in [0, 0.05) is 19.2 Å². The van der Waals surface area contributed by atoms with Gasteiger partial charge in [0.1, 0.15) is 5.84 Å². The number of benzene rings is 1. The fraction of sp³-hybridized carbons (Fsp3) is 0.263. The number of hydrazone groups is 1. The van der Waals surface area contributed by atoms with Crippen LogP contribution in [0, 0.1) is 5.41 Å². The summed E-state index contributed by atoms with van der Waals surface area (Å²) in [5.41, 5.74) is 3.93. The first-order valence-electron chi connectivity index (χ1n) is 8.66. The van der Waals surface area contributed by atoms with E-state index < -0.39 is 10.0 Å².